The average Bonchev–Trinajstić information content (AvgIpc) is 2.64. The molecule has 0 saturated heterocycles. The molecule has 4 nitrogen and oxygen atoms in total. The maximum Gasteiger partial charge on any atom is 0.326 e. The van der Waals surface area contributed by atoms with Crippen LogP contribution < -0.4 is 10.1 Å². The van der Waals surface area contributed by atoms with Crippen molar-refractivity contribution in [3.05, 3.63) is 90.5 Å². The zero-order valence-electron chi connectivity index (χ0n) is 13.6. The van der Waals surface area contributed by atoms with E-state index in [9.17, 15) is 9.90 Å². The molecule has 3 rings (SSSR count). The highest BCUT2D eigenvalue weighted by atomic mass is 16.5. The highest BCUT2D eigenvalue weighted by molar-refractivity contribution is 5.77. The van der Waals surface area contributed by atoms with Crippen LogP contribution >= 0.6 is 0 Å². The van der Waals surface area contributed by atoms with Crippen molar-refractivity contribution in [2.75, 3.05) is 5.32 Å². The van der Waals surface area contributed by atoms with Gasteiger partial charge in [0.2, 0.25) is 0 Å². The number of anilines is 1. The van der Waals surface area contributed by atoms with Gasteiger partial charge in [0.1, 0.15) is 17.5 Å². The van der Waals surface area contributed by atoms with Crippen molar-refractivity contribution in [2.45, 2.75) is 12.5 Å². The molecule has 0 heterocycles. The van der Waals surface area contributed by atoms with Crippen molar-refractivity contribution in [1.82, 2.24) is 0 Å². The van der Waals surface area contributed by atoms with Gasteiger partial charge >= 0.3 is 5.97 Å². The van der Waals surface area contributed by atoms with Gasteiger partial charge in [-0.15, -0.1) is 0 Å². The van der Waals surface area contributed by atoms with Gasteiger partial charge in [0, 0.05) is 12.1 Å². The number of carboxylic acid groups (broad SMARTS) is 1. The Morgan fingerprint density at radius 1 is 0.840 bits per heavy atom. The van der Waals surface area contributed by atoms with Crippen LogP contribution in [-0.2, 0) is 11.2 Å². The van der Waals surface area contributed by atoms with E-state index < -0.39 is 12.0 Å². The van der Waals surface area contributed by atoms with Crippen molar-refractivity contribution in [3.63, 3.8) is 0 Å². The van der Waals surface area contributed by atoms with Gasteiger partial charge in [0.25, 0.3) is 0 Å². The summed E-state index contributed by atoms with van der Waals surface area (Å²) in [6, 6.07) is 25.7. The van der Waals surface area contributed by atoms with Gasteiger partial charge < -0.3 is 15.2 Å². The summed E-state index contributed by atoms with van der Waals surface area (Å²) in [7, 11) is 0. The Bertz CT molecular complexity index is 802. The fourth-order valence-electron chi connectivity index (χ4n) is 2.49. The zero-order valence-corrected chi connectivity index (χ0v) is 13.6. The Morgan fingerprint density at radius 3 is 2.00 bits per heavy atom. The van der Waals surface area contributed by atoms with Crippen LogP contribution in [0.4, 0.5) is 5.69 Å². The number of para-hydroxylation sites is 1. The van der Waals surface area contributed by atoms with Crippen LogP contribution in [0.25, 0.3) is 0 Å². The Hall–Kier alpha value is -3.27. The summed E-state index contributed by atoms with van der Waals surface area (Å²) in [4.78, 5) is 11.5. The molecule has 126 valence electrons. The van der Waals surface area contributed by atoms with Crippen molar-refractivity contribution in [1.29, 1.82) is 0 Å². The molecule has 1 atom stereocenters. The van der Waals surface area contributed by atoms with Crippen molar-refractivity contribution in [2.24, 2.45) is 0 Å². The van der Waals surface area contributed by atoms with E-state index >= 15 is 0 Å². The van der Waals surface area contributed by atoms with Crippen LogP contribution in [0.15, 0.2) is 84.9 Å². The summed E-state index contributed by atoms with van der Waals surface area (Å²) >= 11 is 0. The first-order valence-corrected chi connectivity index (χ1v) is 8.07. The fourth-order valence-corrected chi connectivity index (χ4v) is 2.49. The monoisotopic (exact) mass is 333 g/mol. The van der Waals surface area contributed by atoms with E-state index in [0.717, 1.165) is 17.0 Å². The third-order valence-electron chi connectivity index (χ3n) is 3.75. The second-order valence-corrected chi connectivity index (χ2v) is 5.66. The number of hydrogen-bond acceptors (Lipinski definition) is 3. The molecule has 0 saturated carbocycles. The first kappa shape index (κ1) is 16.6. The maximum atomic E-state index is 11.5. The zero-order chi connectivity index (χ0) is 17.5. The summed E-state index contributed by atoms with van der Waals surface area (Å²) in [5, 5.41) is 12.5. The standard InChI is InChI=1S/C21H19NO3/c23-21(24)20(15-16-7-3-1-4-8-16)22-17-11-13-19(14-12-17)25-18-9-5-2-6-10-18/h1-14,20,22H,15H2,(H,23,24)/t20-/m0/s1. The largest absolute Gasteiger partial charge is 0.480 e. The molecule has 0 bridgehead atoms. The first-order valence-electron chi connectivity index (χ1n) is 8.07. The van der Waals surface area contributed by atoms with Gasteiger partial charge in [-0.1, -0.05) is 48.5 Å². The molecule has 3 aromatic carbocycles. The lowest BCUT2D eigenvalue weighted by Crippen LogP contribution is -2.31. The van der Waals surface area contributed by atoms with Crippen LogP contribution in [0.1, 0.15) is 5.56 Å². The van der Waals surface area contributed by atoms with Gasteiger partial charge in [-0.05, 0) is 42.0 Å². The molecule has 0 fully saturated rings. The molecule has 0 amide bonds. The highest BCUT2D eigenvalue weighted by Gasteiger charge is 2.17. The van der Waals surface area contributed by atoms with E-state index in [1.807, 2.05) is 84.9 Å². The predicted octanol–water partition coefficient (Wildman–Crippen LogP) is 4.59. The van der Waals surface area contributed by atoms with E-state index in [-0.39, 0.29) is 0 Å². The molecule has 0 aliphatic carbocycles. The molecule has 25 heavy (non-hydrogen) atoms. The summed E-state index contributed by atoms with van der Waals surface area (Å²) < 4.78 is 5.74. The minimum Gasteiger partial charge on any atom is -0.480 e. The van der Waals surface area contributed by atoms with Crippen LogP contribution in [0.3, 0.4) is 0 Å². The number of carboxylic acids is 1. The first-order chi connectivity index (χ1) is 12.2. The third kappa shape index (κ3) is 4.85. The van der Waals surface area contributed by atoms with Gasteiger partial charge in [-0.2, -0.15) is 0 Å². The number of aliphatic carboxylic acids is 1. The molecule has 0 radical (unpaired) electrons. The van der Waals surface area contributed by atoms with Gasteiger partial charge in [0.05, 0.1) is 0 Å². The quantitative estimate of drug-likeness (QED) is 0.664. The minimum absolute atomic E-state index is 0.415. The molecule has 0 aliphatic heterocycles. The molecule has 0 aliphatic rings. The number of nitrogens with one attached hydrogen (secondary N) is 1. The normalized spacial score (nSPS) is 11.5. The van der Waals surface area contributed by atoms with E-state index in [1.165, 1.54) is 0 Å². The maximum absolute atomic E-state index is 11.5. The smallest absolute Gasteiger partial charge is 0.326 e. The molecule has 4 heteroatoms. The average molecular weight is 333 g/mol. The molecule has 0 unspecified atom stereocenters. The summed E-state index contributed by atoms with van der Waals surface area (Å²) in [5.74, 6) is 0.579. The summed E-state index contributed by atoms with van der Waals surface area (Å²) in [5.41, 5.74) is 1.72. The van der Waals surface area contributed by atoms with Crippen LogP contribution in [0.2, 0.25) is 0 Å². The number of rotatable bonds is 7. The molecular weight excluding hydrogens is 314 g/mol. The molecule has 3 aromatic rings. The Morgan fingerprint density at radius 2 is 1.40 bits per heavy atom. The van der Waals surface area contributed by atoms with Crippen LogP contribution in [0.5, 0.6) is 11.5 Å². The second-order valence-electron chi connectivity index (χ2n) is 5.66. The number of carbonyl (C=O) groups is 1. The second kappa shape index (κ2) is 8.02. The van der Waals surface area contributed by atoms with E-state index in [1.54, 1.807) is 0 Å². The fraction of sp³-hybridized carbons (Fsp3) is 0.0952. The summed E-state index contributed by atoms with van der Waals surface area (Å²) in [6.45, 7) is 0. The van der Waals surface area contributed by atoms with Gasteiger partial charge in [0.15, 0.2) is 0 Å². The lowest BCUT2D eigenvalue weighted by atomic mass is 10.1. The Balaban J connectivity index is 1.65. The van der Waals surface area contributed by atoms with Crippen molar-refractivity contribution >= 4 is 11.7 Å². The van der Waals surface area contributed by atoms with E-state index in [4.69, 9.17) is 4.74 Å². The number of hydrogen-bond donors (Lipinski definition) is 2. The number of benzene rings is 3. The SMILES string of the molecule is O=C(O)[C@H](Cc1ccccc1)Nc1ccc(Oc2ccccc2)cc1. The van der Waals surface area contributed by atoms with E-state index in [2.05, 4.69) is 5.32 Å². The van der Waals surface area contributed by atoms with Crippen molar-refractivity contribution < 1.29 is 14.6 Å². The molecular formula is C21H19NO3. The lowest BCUT2D eigenvalue weighted by molar-refractivity contribution is -0.137. The highest BCUT2D eigenvalue weighted by Crippen LogP contribution is 2.23. The van der Waals surface area contributed by atoms with Crippen molar-refractivity contribution in [3.8, 4) is 11.5 Å². The number of ether oxygens (including phenoxy) is 1. The van der Waals surface area contributed by atoms with Crippen LogP contribution in [-0.4, -0.2) is 17.1 Å². The molecule has 0 spiro atoms. The van der Waals surface area contributed by atoms with Crippen LogP contribution in [0, 0.1) is 0 Å². The van der Waals surface area contributed by atoms with E-state index in [0.29, 0.717) is 12.2 Å². The van der Waals surface area contributed by atoms with Gasteiger partial charge in [-0.25, -0.2) is 4.79 Å². The third-order valence-corrected chi connectivity index (χ3v) is 3.75. The topological polar surface area (TPSA) is 58.6 Å². The minimum atomic E-state index is -0.881. The van der Waals surface area contributed by atoms with Gasteiger partial charge in [-0.3, -0.25) is 0 Å². The lowest BCUT2D eigenvalue weighted by Gasteiger charge is -2.16. The Labute approximate surface area is 146 Å². The summed E-state index contributed by atoms with van der Waals surface area (Å²) in [6.07, 6.45) is 0.415. The predicted molar refractivity (Wildman–Crippen MR) is 98.2 cm³/mol. The Kier molecular flexibility index (Phi) is 5.32. The molecule has 2 N–H and O–H groups in total. The molecule has 0 aromatic heterocycles.